The van der Waals surface area contributed by atoms with Crippen molar-refractivity contribution in [1.29, 1.82) is 0 Å². The van der Waals surface area contributed by atoms with E-state index >= 15 is 0 Å². The highest BCUT2D eigenvalue weighted by molar-refractivity contribution is 5.50. The maximum atomic E-state index is 4.22. The lowest BCUT2D eigenvalue weighted by Crippen LogP contribution is -1.88. The normalized spacial score (nSPS) is 10.7. The maximum absolute atomic E-state index is 4.22. The molecule has 0 aliphatic heterocycles. The second kappa shape index (κ2) is 2.09. The Balaban J connectivity index is 2.82. The Morgan fingerprint density at radius 2 is 1.91 bits per heavy atom. The van der Waals surface area contributed by atoms with E-state index in [9.17, 15) is 0 Å². The van der Waals surface area contributed by atoms with Crippen molar-refractivity contribution in [2.75, 3.05) is 0 Å². The molecule has 0 aromatic carbocycles. The van der Waals surface area contributed by atoms with Gasteiger partial charge in [0.1, 0.15) is 0 Å². The Kier molecular flexibility index (Phi) is 1.22. The highest BCUT2D eigenvalue weighted by Crippen LogP contribution is 2.08. The fraction of sp³-hybridized carbons (Fsp3) is 0.222. The minimum absolute atomic E-state index is 1.17. The van der Waals surface area contributed by atoms with Crippen molar-refractivity contribution < 1.29 is 0 Å². The third-order valence-corrected chi connectivity index (χ3v) is 1.73. The van der Waals surface area contributed by atoms with Crippen LogP contribution in [0.25, 0.3) is 5.52 Å². The van der Waals surface area contributed by atoms with Crippen LogP contribution in [-0.2, 0) is 0 Å². The molecule has 2 heterocycles. The molecule has 56 valence electrons. The topological polar surface area (TPSA) is 17.3 Å². The van der Waals surface area contributed by atoms with Crippen molar-refractivity contribution in [3.63, 3.8) is 0 Å². The lowest BCUT2D eigenvalue weighted by atomic mass is 10.3. The van der Waals surface area contributed by atoms with Gasteiger partial charge in [-0.25, -0.2) is 4.52 Å². The van der Waals surface area contributed by atoms with Gasteiger partial charge < -0.3 is 0 Å². The summed E-state index contributed by atoms with van der Waals surface area (Å²) in [5.41, 5.74) is 3.63. The molecule has 2 heteroatoms. The Hall–Kier alpha value is -1.31. The summed E-state index contributed by atoms with van der Waals surface area (Å²) in [6.45, 7) is 4.12. The summed E-state index contributed by atoms with van der Waals surface area (Å²) in [4.78, 5) is 0. The largest absolute Gasteiger partial charge is 0.241 e. The molecule has 0 bridgehead atoms. The Morgan fingerprint density at radius 1 is 1.18 bits per heavy atom. The van der Waals surface area contributed by atoms with Gasteiger partial charge in [0.2, 0.25) is 0 Å². The summed E-state index contributed by atoms with van der Waals surface area (Å²) in [5, 5.41) is 4.22. The summed E-state index contributed by atoms with van der Waals surface area (Å²) < 4.78 is 1.89. The van der Waals surface area contributed by atoms with Crippen LogP contribution in [0.2, 0.25) is 0 Å². The lowest BCUT2D eigenvalue weighted by Gasteiger charge is -1.92. The van der Waals surface area contributed by atoms with Crippen LogP contribution in [0.15, 0.2) is 24.5 Å². The molecule has 0 N–H and O–H groups in total. The first-order valence-electron chi connectivity index (χ1n) is 3.67. The Bertz CT molecular complexity index is 387. The molecular weight excluding hydrogens is 136 g/mol. The number of hydrogen-bond acceptors (Lipinski definition) is 1. The summed E-state index contributed by atoms with van der Waals surface area (Å²) in [5.74, 6) is 0. The summed E-state index contributed by atoms with van der Waals surface area (Å²) >= 11 is 0. The first kappa shape index (κ1) is 6.40. The number of fused-ring (bicyclic) bond motifs is 1. The number of hydrogen-bond donors (Lipinski definition) is 0. The molecule has 0 spiro atoms. The third-order valence-electron chi connectivity index (χ3n) is 1.73. The Morgan fingerprint density at radius 3 is 2.73 bits per heavy atom. The minimum Gasteiger partial charge on any atom is -0.241 e. The van der Waals surface area contributed by atoms with Crippen LogP contribution in [0.4, 0.5) is 0 Å². The van der Waals surface area contributed by atoms with Gasteiger partial charge in [0.15, 0.2) is 0 Å². The monoisotopic (exact) mass is 146 g/mol. The van der Waals surface area contributed by atoms with E-state index in [4.69, 9.17) is 0 Å². The smallest absolute Gasteiger partial charge is 0.0652 e. The van der Waals surface area contributed by atoms with Gasteiger partial charge in [-0.3, -0.25) is 0 Å². The second-order valence-corrected chi connectivity index (χ2v) is 2.92. The molecule has 2 aromatic rings. The first-order valence-corrected chi connectivity index (χ1v) is 3.67. The predicted octanol–water partition coefficient (Wildman–Crippen LogP) is 1.95. The average molecular weight is 146 g/mol. The van der Waals surface area contributed by atoms with Crippen LogP contribution in [0, 0.1) is 13.8 Å². The average Bonchev–Trinajstić information content (AvgIpc) is 2.27. The molecule has 0 amide bonds. The second-order valence-electron chi connectivity index (χ2n) is 2.92. The van der Waals surface area contributed by atoms with E-state index in [1.165, 1.54) is 16.6 Å². The number of aryl methyl sites for hydroxylation is 2. The molecule has 0 fully saturated rings. The van der Waals surface area contributed by atoms with Crippen molar-refractivity contribution in [3.05, 3.63) is 35.7 Å². The number of rotatable bonds is 0. The van der Waals surface area contributed by atoms with Crippen LogP contribution in [-0.4, -0.2) is 9.61 Å². The molecule has 2 aromatic heterocycles. The zero-order valence-corrected chi connectivity index (χ0v) is 6.70. The summed E-state index contributed by atoms with van der Waals surface area (Å²) in [7, 11) is 0. The zero-order chi connectivity index (χ0) is 7.84. The van der Waals surface area contributed by atoms with Crippen molar-refractivity contribution in [2.24, 2.45) is 0 Å². The molecule has 0 saturated carbocycles. The van der Waals surface area contributed by atoms with Crippen LogP contribution >= 0.6 is 0 Å². The van der Waals surface area contributed by atoms with Crippen LogP contribution in [0.3, 0.4) is 0 Å². The Labute approximate surface area is 65.5 Å². The SMILES string of the molecule is Cc1cnn2cc(C)cc2c1. The van der Waals surface area contributed by atoms with E-state index in [-0.39, 0.29) is 0 Å². The fourth-order valence-corrected chi connectivity index (χ4v) is 1.24. The van der Waals surface area contributed by atoms with E-state index in [1.54, 1.807) is 0 Å². The highest BCUT2D eigenvalue weighted by atomic mass is 15.2. The van der Waals surface area contributed by atoms with Crippen LogP contribution in [0.5, 0.6) is 0 Å². The number of nitrogens with zero attached hydrogens (tertiary/aromatic N) is 2. The van der Waals surface area contributed by atoms with Gasteiger partial charge in [-0.05, 0) is 37.1 Å². The third kappa shape index (κ3) is 1.00. The van der Waals surface area contributed by atoms with Crippen LogP contribution < -0.4 is 0 Å². The first-order chi connectivity index (χ1) is 5.25. The molecular formula is C9H10N2. The molecule has 0 aliphatic carbocycles. The van der Waals surface area contributed by atoms with Gasteiger partial charge in [0.25, 0.3) is 0 Å². The maximum Gasteiger partial charge on any atom is 0.0652 e. The molecule has 2 nitrogen and oxygen atoms in total. The predicted molar refractivity (Wildman–Crippen MR) is 44.7 cm³/mol. The van der Waals surface area contributed by atoms with E-state index in [0.717, 1.165) is 0 Å². The summed E-state index contributed by atoms with van der Waals surface area (Å²) in [6, 6.07) is 4.25. The zero-order valence-electron chi connectivity index (χ0n) is 6.70. The van der Waals surface area contributed by atoms with Gasteiger partial charge >= 0.3 is 0 Å². The molecule has 0 aliphatic rings. The lowest BCUT2D eigenvalue weighted by molar-refractivity contribution is 0.929. The van der Waals surface area contributed by atoms with E-state index in [0.29, 0.717) is 0 Å². The van der Waals surface area contributed by atoms with Gasteiger partial charge in [-0.2, -0.15) is 5.10 Å². The molecule has 11 heavy (non-hydrogen) atoms. The van der Waals surface area contributed by atoms with Gasteiger partial charge in [0, 0.05) is 6.20 Å². The van der Waals surface area contributed by atoms with E-state index in [2.05, 4.69) is 31.1 Å². The summed E-state index contributed by atoms with van der Waals surface area (Å²) in [6.07, 6.45) is 3.89. The molecule has 0 radical (unpaired) electrons. The van der Waals surface area contributed by atoms with Crippen molar-refractivity contribution in [1.82, 2.24) is 9.61 Å². The standard InChI is InChI=1S/C9H10N2/c1-7-3-9-4-8(2)6-11(9)10-5-7/h3-6H,1-2H3. The van der Waals surface area contributed by atoms with Crippen LogP contribution in [0.1, 0.15) is 11.1 Å². The van der Waals surface area contributed by atoms with Gasteiger partial charge in [-0.1, -0.05) is 0 Å². The van der Waals surface area contributed by atoms with Gasteiger partial charge in [0.05, 0.1) is 11.7 Å². The highest BCUT2D eigenvalue weighted by Gasteiger charge is 1.94. The molecule has 0 saturated heterocycles. The fourth-order valence-electron chi connectivity index (χ4n) is 1.24. The van der Waals surface area contributed by atoms with E-state index < -0.39 is 0 Å². The minimum atomic E-state index is 1.17. The molecule has 2 rings (SSSR count). The van der Waals surface area contributed by atoms with Crippen molar-refractivity contribution in [3.8, 4) is 0 Å². The molecule has 0 unspecified atom stereocenters. The molecule has 0 atom stereocenters. The van der Waals surface area contributed by atoms with E-state index in [1.807, 2.05) is 16.9 Å². The van der Waals surface area contributed by atoms with Crippen molar-refractivity contribution in [2.45, 2.75) is 13.8 Å². The quantitative estimate of drug-likeness (QED) is 0.555. The number of aromatic nitrogens is 2. The van der Waals surface area contributed by atoms with Crippen molar-refractivity contribution >= 4 is 5.52 Å². The van der Waals surface area contributed by atoms with Gasteiger partial charge in [-0.15, -0.1) is 0 Å².